The molecule has 0 heterocycles. The highest BCUT2D eigenvalue weighted by Crippen LogP contribution is 2.19. The number of rotatable bonds is 3. The van der Waals surface area contributed by atoms with Crippen molar-refractivity contribution in [3.8, 4) is 0 Å². The zero-order valence-corrected chi connectivity index (χ0v) is 7.40. The molecule has 2 atom stereocenters. The van der Waals surface area contributed by atoms with E-state index in [9.17, 15) is 0 Å². The Morgan fingerprint density at radius 3 is 2.25 bits per heavy atom. The van der Waals surface area contributed by atoms with Crippen molar-refractivity contribution in [2.24, 2.45) is 0 Å². The average Bonchev–Trinajstić information content (AvgIpc) is 2.17. The zero-order chi connectivity index (χ0) is 8.97. The third kappa shape index (κ3) is 2.06. The molecule has 0 fully saturated rings. The van der Waals surface area contributed by atoms with Crippen molar-refractivity contribution in [1.29, 1.82) is 0 Å². The second-order valence-electron chi connectivity index (χ2n) is 3.01. The van der Waals surface area contributed by atoms with Gasteiger partial charge in [-0.3, -0.25) is 5.26 Å². The van der Waals surface area contributed by atoms with Gasteiger partial charge in [0.25, 0.3) is 0 Å². The van der Waals surface area contributed by atoms with Crippen LogP contribution < -0.4 is 0 Å². The fourth-order valence-corrected chi connectivity index (χ4v) is 1.12. The fraction of sp³-hybridized carbons (Fsp3) is 0.400. The quantitative estimate of drug-likeness (QED) is 0.552. The molecule has 0 aliphatic heterocycles. The van der Waals surface area contributed by atoms with Crippen LogP contribution in [0.3, 0.4) is 0 Å². The Labute approximate surface area is 72.7 Å². The topological polar surface area (TPSA) is 29.5 Å². The summed E-state index contributed by atoms with van der Waals surface area (Å²) in [6.07, 6.45) is -0.160. The van der Waals surface area contributed by atoms with Gasteiger partial charge < -0.3 is 0 Å². The highest BCUT2D eigenvalue weighted by Gasteiger charge is 2.13. The fourth-order valence-electron chi connectivity index (χ4n) is 1.12. The van der Waals surface area contributed by atoms with E-state index in [0.29, 0.717) is 0 Å². The van der Waals surface area contributed by atoms with E-state index in [1.54, 1.807) is 0 Å². The molecule has 1 aromatic carbocycles. The van der Waals surface area contributed by atoms with E-state index < -0.39 is 0 Å². The van der Waals surface area contributed by atoms with Gasteiger partial charge in [-0.15, -0.1) is 0 Å². The predicted octanol–water partition coefficient (Wildman–Crippen LogP) is 2.67. The summed E-state index contributed by atoms with van der Waals surface area (Å²) in [4.78, 5) is 4.27. The molecule has 2 heteroatoms. The van der Waals surface area contributed by atoms with Crippen LogP contribution in [0.1, 0.15) is 25.3 Å². The Hall–Kier alpha value is -0.860. The molecule has 1 N–H and O–H groups in total. The maximum atomic E-state index is 8.47. The smallest absolute Gasteiger partial charge is 0.0964 e. The van der Waals surface area contributed by atoms with Crippen molar-refractivity contribution >= 4 is 0 Å². The number of hydrogen-bond donors (Lipinski definition) is 1. The monoisotopic (exact) mass is 166 g/mol. The second-order valence-corrected chi connectivity index (χ2v) is 3.01. The predicted molar refractivity (Wildman–Crippen MR) is 48.0 cm³/mol. The van der Waals surface area contributed by atoms with Crippen molar-refractivity contribution in [2.75, 3.05) is 0 Å². The molecule has 0 aliphatic carbocycles. The Morgan fingerprint density at radius 1 is 1.17 bits per heavy atom. The molecule has 2 unspecified atom stereocenters. The molecular weight excluding hydrogens is 152 g/mol. The maximum absolute atomic E-state index is 8.47. The van der Waals surface area contributed by atoms with Gasteiger partial charge in [-0.2, -0.15) is 0 Å². The third-order valence-electron chi connectivity index (χ3n) is 2.20. The third-order valence-corrected chi connectivity index (χ3v) is 2.20. The van der Waals surface area contributed by atoms with Gasteiger partial charge in [0.15, 0.2) is 0 Å². The Bertz CT molecular complexity index is 221. The van der Waals surface area contributed by atoms with Gasteiger partial charge in [-0.25, -0.2) is 4.89 Å². The van der Waals surface area contributed by atoms with Crippen LogP contribution in [0.2, 0.25) is 0 Å². The van der Waals surface area contributed by atoms with Crippen LogP contribution in [0.25, 0.3) is 0 Å². The van der Waals surface area contributed by atoms with Crippen molar-refractivity contribution in [2.45, 2.75) is 25.9 Å². The summed E-state index contributed by atoms with van der Waals surface area (Å²) in [7, 11) is 0. The molecule has 0 spiro atoms. The number of benzene rings is 1. The minimum Gasteiger partial charge on any atom is -0.252 e. The van der Waals surface area contributed by atoms with Crippen LogP contribution in [0, 0.1) is 0 Å². The molecule has 0 aromatic heterocycles. The standard InChI is InChI=1S/C10H14O2/c1-8(9(2)12-11)10-6-4-3-5-7-10/h3-9,11H,1-2H3. The van der Waals surface area contributed by atoms with Crippen LogP contribution in [0.5, 0.6) is 0 Å². The van der Waals surface area contributed by atoms with E-state index in [2.05, 4.69) is 4.89 Å². The van der Waals surface area contributed by atoms with E-state index in [-0.39, 0.29) is 12.0 Å². The summed E-state index contributed by atoms with van der Waals surface area (Å²) in [6, 6.07) is 9.99. The first-order chi connectivity index (χ1) is 5.75. The van der Waals surface area contributed by atoms with Crippen molar-refractivity contribution < 1.29 is 10.1 Å². The van der Waals surface area contributed by atoms with Crippen molar-refractivity contribution in [3.63, 3.8) is 0 Å². The Kier molecular flexibility index (Phi) is 3.26. The minimum absolute atomic E-state index is 0.160. The van der Waals surface area contributed by atoms with Crippen LogP contribution in [0.4, 0.5) is 0 Å². The van der Waals surface area contributed by atoms with Gasteiger partial charge in [0, 0.05) is 5.92 Å². The summed E-state index contributed by atoms with van der Waals surface area (Å²) in [6.45, 7) is 3.87. The van der Waals surface area contributed by atoms with E-state index in [0.717, 1.165) is 0 Å². The van der Waals surface area contributed by atoms with Crippen LogP contribution in [0.15, 0.2) is 30.3 Å². The van der Waals surface area contributed by atoms with E-state index in [1.807, 2.05) is 44.2 Å². The normalized spacial score (nSPS) is 15.6. The summed E-state index contributed by atoms with van der Waals surface area (Å²) in [5.74, 6) is 0.219. The van der Waals surface area contributed by atoms with Gasteiger partial charge in [0.05, 0.1) is 6.10 Å². The van der Waals surface area contributed by atoms with Crippen LogP contribution in [-0.4, -0.2) is 11.4 Å². The van der Waals surface area contributed by atoms with Crippen molar-refractivity contribution in [3.05, 3.63) is 35.9 Å². The first kappa shape index (κ1) is 9.23. The van der Waals surface area contributed by atoms with E-state index >= 15 is 0 Å². The lowest BCUT2D eigenvalue weighted by molar-refractivity contribution is -0.277. The first-order valence-corrected chi connectivity index (χ1v) is 4.11. The van der Waals surface area contributed by atoms with Gasteiger partial charge in [-0.05, 0) is 12.5 Å². The lowest BCUT2D eigenvalue weighted by Gasteiger charge is -2.16. The largest absolute Gasteiger partial charge is 0.252 e. The molecule has 2 nitrogen and oxygen atoms in total. The zero-order valence-electron chi connectivity index (χ0n) is 7.40. The summed E-state index contributed by atoms with van der Waals surface area (Å²) >= 11 is 0. The summed E-state index contributed by atoms with van der Waals surface area (Å²) in [5, 5.41) is 8.47. The molecule has 0 bridgehead atoms. The minimum atomic E-state index is -0.160. The van der Waals surface area contributed by atoms with E-state index in [1.165, 1.54) is 5.56 Å². The molecule has 0 radical (unpaired) electrons. The summed E-state index contributed by atoms with van der Waals surface area (Å²) in [5.41, 5.74) is 1.18. The van der Waals surface area contributed by atoms with Gasteiger partial charge in [0.1, 0.15) is 0 Å². The number of hydrogen-bond acceptors (Lipinski definition) is 2. The molecule has 0 saturated carbocycles. The van der Waals surface area contributed by atoms with Gasteiger partial charge in [-0.1, -0.05) is 37.3 Å². The second kappa shape index (κ2) is 4.24. The Morgan fingerprint density at radius 2 is 1.75 bits per heavy atom. The molecule has 1 rings (SSSR count). The van der Waals surface area contributed by atoms with Crippen molar-refractivity contribution in [1.82, 2.24) is 0 Å². The van der Waals surface area contributed by atoms with Gasteiger partial charge >= 0.3 is 0 Å². The van der Waals surface area contributed by atoms with Crippen LogP contribution in [-0.2, 0) is 4.89 Å². The Balaban J connectivity index is 2.71. The molecule has 0 aliphatic rings. The average molecular weight is 166 g/mol. The molecule has 0 saturated heterocycles. The molecule has 66 valence electrons. The molecule has 1 aromatic rings. The molecule has 12 heavy (non-hydrogen) atoms. The highest BCUT2D eigenvalue weighted by atomic mass is 17.1. The van der Waals surface area contributed by atoms with Gasteiger partial charge in [0.2, 0.25) is 0 Å². The highest BCUT2D eigenvalue weighted by molar-refractivity contribution is 5.19. The van der Waals surface area contributed by atoms with E-state index in [4.69, 9.17) is 5.26 Å². The SMILES string of the molecule is CC(OO)C(C)c1ccccc1. The maximum Gasteiger partial charge on any atom is 0.0964 e. The first-order valence-electron chi connectivity index (χ1n) is 4.11. The van der Waals surface area contributed by atoms with Crippen LogP contribution >= 0.6 is 0 Å². The molecular formula is C10H14O2. The summed E-state index contributed by atoms with van der Waals surface area (Å²) < 4.78 is 0. The lowest BCUT2D eigenvalue weighted by atomic mass is 9.97. The molecule has 0 amide bonds. The lowest BCUT2D eigenvalue weighted by Crippen LogP contribution is -2.14.